The molecule has 2 aliphatic rings. The molecule has 1 N–H and O–H groups in total. The first-order chi connectivity index (χ1) is 10.4. The smallest absolute Gasteiger partial charge is 0.0719 e. The molecule has 0 radical (unpaired) electrons. The molecule has 2 saturated heterocycles. The Morgan fingerprint density at radius 2 is 2.00 bits per heavy atom. The maximum Gasteiger partial charge on any atom is 0.0719 e. The average molecular weight is 288 g/mol. The van der Waals surface area contributed by atoms with Gasteiger partial charge in [-0.15, -0.1) is 0 Å². The molecule has 1 aromatic carbocycles. The number of ether oxygens (including phenoxy) is 1. The molecule has 0 saturated carbocycles. The van der Waals surface area contributed by atoms with Gasteiger partial charge in [-0.3, -0.25) is 4.90 Å². The van der Waals surface area contributed by atoms with Gasteiger partial charge < -0.3 is 10.1 Å². The molecular weight excluding hydrogens is 260 g/mol. The lowest BCUT2D eigenvalue weighted by Gasteiger charge is -2.32. The van der Waals surface area contributed by atoms with Gasteiger partial charge in [-0.2, -0.15) is 0 Å². The van der Waals surface area contributed by atoms with E-state index >= 15 is 0 Å². The van der Waals surface area contributed by atoms with Crippen LogP contribution in [0.15, 0.2) is 24.3 Å². The molecule has 2 unspecified atom stereocenters. The summed E-state index contributed by atoms with van der Waals surface area (Å²) in [6.07, 6.45) is 5.47. The molecule has 2 aliphatic heterocycles. The fraction of sp³-hybridized carbons (Fsp3) is 0.667. The largest absolute Gasteiger partial charge is 0.377 e. The minimum Gasteiger partial charge on any atom is -0.377 e. The Morgan fingerprint density at radius 1 is 1.14 bits per heavy atom. The van der Waals surface area contributed by atoms with Crippen molar-refractivity contribution >= 4 is 0 Å². The van der Waals surface area contributed by atoms with Gasteiger partial charge in [0.2, 0.25) is 0 Å². The van der Waals surface area contributed by atoms with Gasteiger partial charge in [-0.05, 0) is 43.9 Å². The number of nitrogens with one attached hydrogen (secondary N) is 1. The van der Waals surface area contributed by atoms with E-state index in [4.69, 9.17) is 4.74 Å². The zero-order valence-corrected chi connectivity index (χ0v) is 13.2. The van der Waals surface area contributed by atoms with E-state index in [1.54, 1.807) is 0 Å². The topological polar surface area (TPSA) is 24.5 Å². The normalized spacial score (nSPS) is 26.0. The summed E-state index contributed by atoms with van der Waals surface area (Å²) in [6, 6.07) is 10.1. The summed E-state index contributed by atoms with van der Waals surface area (Å²) in [5, 5.41) is 3.82. The second kappa shape index (κ2) is 7.39. The minimum absolute atomic E-state index is 0.672. The molecule has 0 aromatic heterocycles. The van der Waals surface area contributed by atoms with Crippen LogP contribution in [0.4, 0.5) is 0 Å². The van der Waals surface area contributed by atoms with Crippen molar-refractivity contribution in [2.24, 2.45) is 0 Å². The van der Waals surface area contributed by atoms with E-state index in [0.29, 0.717) is 6.04 Å². The molecule has 0 amide bonds. The number of piperidine rings is 1. The van der Waals surface area contributed by atoms with Crippen LogP contribution in [-0.4, -0.2) is 36.7 Å². The van der Waals surface area contributed by atoms with Gasteiger partial charge in [0.05, 0.1) is 6.61 Å². The molecule has 2 atom stereocenters. The first-order valence-corrected chi connectivity index (χ1v) is 8.50. The molecule has 21 heavy (non-hydrogen) atoms. The zero-order chi connectivity index (χ0) is 14.5. The average Bonchev–Trinajstić information content (AvgIpc) is 2.95. The van der Waals surface area contributed by atoms with Crippen LogP contribution in [0.3, 0.4) is 0 Å². The Kier molecular flexibility index (Phi) is 5.28. The SMILES string of the molecule is CCOCc1ccccc1CNC1CCN2CCCCC12. The van der Waals surface area contributed by atoms with Crippen LogP contribution in [0.25, 0.3) is 0 Å². The summed E-state index contributed by atoms with van der Waals surface area (Å²) in [5.41, 5.74) is 2.71. The van der Waals surface area contributed by atoms with Gasteiger partial charge in [0, 0.05) is 31.8 Å². The maximum atomic E-state index is 5.58. The Bertz CT molecular complexity index is 449. The number of benzene rings is 1. The van der Waals surface area contributed by atoms with E-state index in [-0.39, 0.29) is 0 Å². The molecule has 0 bridgehead atoms. The lowest BCUT2D eigenvalue weighted by atomic mass is 9.98. The van der Waals surface area contributed by atoms with Crippen LogP contribution in [0.1, 0.15) is 43.7 Å². The van der Waals surface area contributed by atoms with Crippen molar-refractivity contribution in [1.29, 1.82) is 0 Å². The van der Waals surface area contributed by atoms with Crippen molar-refractivity contribution < 1.29 is 4.74 Å². The summed E-state index contributed by atoms with van der Waals surface area (Å²) in [6.45, 7) is 7.12. The molecule has 1 aromatic rings. The van der Waals surface area contributed by atoms with E-state index < -0.39 is 0 Å². The van der Waals surface area contributed by atoms with Gasteiger partial charge in [0.1, 0.15) is 0 Å². The predicted octanol–water partition coefficient (Wildman–Crippen LogP) is 2.94. The highest BCUT2D eigenvalue weighted by Crippen LogP contribution is 2.27. The molecule has 0 spiro atoms. The maximum absolute atomic E-state index is 5.58. The zero-order valence-electron chi connectivity index (χ0n) is 13.2. The highest BCUT2D eigenvalue weighted by Gasteiger charge is 2.34. The summed E-state index contributed by atoms with van der Waals surface area (Å²) < 4.78 is 5.58. The van der Waals surface area contributed by atoms with E-state index in [1.165, 1.54) is 49.9 Å². The lowest BCUT2D eigenvalue weighted by Crippen LogP contribution is -2.44. The van der Waals surface area contributed by atoms with Crippen LogP contribution in [0.2, 0.25) is 0 Å². The Morgan fingerprint density at radius 3 is 2.86 bits per heavy atom. The number of hydrogen-bond donors (Lipinski definition) is 1. The van der Waals surface area contributed by atoms with Crippen molar-refractivity contribution in [2.45, 2.75) is 57.8 Å². The van der Waals surface area contributed by atoms with Gasteiger partial charge >= 0.3 is 0 Å². The third-order valence-electron chi connectivity index (χ3n) is 4.99. The fourth-order valence-electron chi connectivity index (χ4n) is 3.81. The Balaban J connectivity index is 1.57. The quantitative estimate of drug-likeness (QED) is 0.871. The van der Waals surface area contributed by atoms with Crippen LogP contribution in [0.5, 0.6) is 0 Å². The van der Waals surface area contributed by atoms with Gasteiger partial charge in [0.15, 0.2) is 0 Å². The van der Waals surface area contributed by atoms with Gasteiger partial charge in [0.25, 0.3) is 0 Å². The van der Waals surface area contributed by atoms with Crippen molar-refractivity contribution in [1.82, 2.24) is 10.2 Å². The first-order valence-electron chi connectivity index (χ1n) is 8.50. The summed E-state index contributed by atoms with van der Waals surface area (Å²) in [4.78, 5) is 2.69. The number of fused-ring (bicyclic) bond motifs is 1. The Hall–Kier alpha value is -0.900. The highest BCUT2D eigenvalue weighted by atomic mass is 16.5. The summed E-state index contributed by atoms with van der Waals surface area (Å²) >= 11 is 0. The van der Waals surface area contributed by atoms with E-state index in [1.807, 2.05) is 0 Å². The predicted molar refractivity (Wildman–Crippen MR) is 86.2 cm³/mol. The number of nitrogens with zero attached hydrogens (tertiary/aromatic N) is 1. The van der Waals surface area contributed by atoms with Crippen LogP contribution >= 0.6 is 0 Å². The second-order valence-electron chi connectivity index (χ2n) is 6.28. The summed E-state index contributed by atoms with van der Waals surface area (Å²) in [7, 11) is 0. The van der Waals surface area contributed by atoms with E-state index in [9.17, 15) is 0 Å². The molecule has 0 aliphatic carbocycles. The van der Waals surface area contributed by atoms with Crippen molar-refractivity contribution in [3.05, 3.63) is 35.4 Å². The summed E-state index contributed by atoms with van der Waals surface area (Å²) in [5.74, 6) is 0. The van der Waals surface area contributed by atoms with E-state index in [2.05, 4.69) is 41.4 Å². The fourth-order valence-corrected chi connectivity index (χ4v) is 3.81. The lowest BCUT2D eigenvalue weighted by molar-refractivity contribution is 0.133. The van der Waals surface area contributed by atoms with Gasteiger partial charge in [-0.25, -0.2) is 0 Å². The number of hydrogen-bond acceptors (Lipinski definition) is 3. The van der Waals surface area contributed by atoms with Crippen molar-refractivity contribution in [3.8, 4) is 0 Å². The van der Waals surface area contributed by atoms with Crippen LogP contribution in [-0.2, 0) is 17.9 Å². The molecular formula is C18H28N2O. The monoisotopic (exact) mass is 288 g/mol. The number of rotatable bonds is 6. The third-order valence-corrected chi connectivity index (χ3v) is 4.99. The van der Waals surface area contributed by atoms with Crippen LogP contribution < -0.4 is 5.32 Å². The van der Waals surface area contributed by atoms with Crippen molar-refractivity contribution in [2.75, 3.05) is 19.7 Å². The second-order valence-corrected chi connectivity index (χ2v) is 6.28. The van der Waals surface area contributed by atoms with Crippen LogP contribution in [0, 0.1) is 0 Å². The molecule has 116 valence electrons. The molecule has 3 heteroatoms. The van der Waals surface area contributed by atoms with E-state index in [0.717, 1.165) is 25.8 Å². The Labute approximate surface area is 128 Å². The molecule has 2 fully saturated rings. The standard InChI is InChI=1S/C18H28N2O/c1-2-21-14-16-8-4-3-7-15(16)13-19-17-10-12-20-11-6-5-9-18(17)20/h3-4,7-8,17-19H,2,5-6,9-14H2,1H3. The molecule has 2 heterocycles. The van der Waals surface area contributed by atoms with Gasteiger partial charge in [-0.1, -0.05) is 30.7 Å². The first kappa shape index (κ1) is 15.0. The molecule has 3 rings (SSSR count). The highest BCUT2D eigenvalue weighted by molar-refractivity contribution is 5.26. The molecule has 3 nitrogen and oxygen atoms in total. The minimum atomic E-state index is 0.672. The van der Waals surface area contributed by atoms with Crippen molar-refractivity contribution in [3.63, 3.8) is 0 Å². The third kappa shape index (κ3) is 3.65.